The van der Waals surface area contributed by atoms with Crippen molar-refractivity contribution in [3.8, 4) is 0 Å². The molecule has 124 valence electrons. The SMILES string of the molecule is O=C(Nc1ccccc1C(=O)Nc1ccc(F)cc1)c1ccncc1. The molecule has 0 saturated carbocycles. The average molecular weight is 335 g/mol. The number of hydrogen-bond donors (Lipinski definition) is 2. The lowest BCUT2D eigenvalue weighted by Gasteiger charge is -2.11. The molecular weight excluding hydrogens is 321 g/mol. The normalized spacial score (nSPS) is 10.1. The Hall–Kier alpha value is -3.54. The summed E-state index contributed by atoms with van der Waals surface area (Å²) in [7, 11) is 0. The van der Waals surface area contributed by atoms with E-state index in [-0.39, 0.29) is 11.7 Å². The molecule has 1 aromatic heterocycles. The van der Waals surface area contributed by atoms with Gasteiger partial charge in [-0.2, -0.15) is 0 Å². The van der Waals surface area contributed by atoms with Crippen molar-refractivity contribution in [3.05, 3.63) is 90.0 Å². The van der Waals surface area contributed by atoms with E-state index in [0.29, 0.717) is 22.5 Å². The van der Waals surface area contributed by atoms with Crippen LogP contribution in [0, 0.1) is 5.82 Å². The lowest BCUT2D eigenvalue weighted by atomic mass is 10.1. The molecule has 0 radical (unpaired) electrons. The highest BCUT2D eigenvalue weighted by Gasteiger charge is 2.14. The fourth-order valence-corrected chi connectivity index (χ4v) is 2.22. The van der Waals surface area contributed by atoms with Crippen LogP contribution in [-0.4, -0.2) is 16.8 Å². The van der Waals surface area contributed by atoms with Gasteiger partial charge in [0.1, 0.15) is 5.82 Å². The van der Waals surface area contributed by atoms with Crippen LogP contribution in [0.4, 0.5) is 15.8 Å². The number of amides is 2. The van der Waals surface area contributed by atoms with Gasteiger partial charge in [0.15, 0.2) is 0 Å². The molecular formula is C19H14FN3O2. The highest BCUT2D eigenvalue weighted by molar-refractivity contribution is 6.12. The van der Waals surface area contributed by atoms with E-state index in [4.69, 9.17) is 0 Å². The van der Waals surface area contributed by atoms with Crippen LogP contribution in [0.15, 0.2) is 73.1 Å². The van der Waals surface area contributed by atoms with Crippen LogP contribution in [0.5, 0.6) is 0 Å². The average Bonchev–Trinajstić information content (AvgIpc) is 2.64. The number of aromatic nitrogens is 1. The molecule has 25 heavy (non-hydrogen) atoms. The van der Waals surface area contributed by atoms with Crippen molar-refractivity contribution < 1.29 is 14.0 Å². The maximum atomic E-state index is 13.0. The van der Waals surface area contributed by atoms with E-state index in [9.17, 15) is 14.0 Å². The molecule has 2 amide bonds. The van der Waals surface area contributed by atoms with Crippen LogP contribution in [-0.2, 0) is 0 Å². The van der Waals surface area contributed by atoms with E-state index in [2.05, 4.69) is 15.6 Å². The molecule has 2 aromatic carbocycles. The van der Waals surface area contributed by atoms with Crippen molar-refractivity contribution in [2.24, 2.45) is 0 Å². The van der Waals surface area contributed by atoms with Crippen molar-refractivity contribution in [2.75, 3.05) is 10.6 Å². The number of carbonyl (C=O) groups is 2. The number of benzene rings is 2. The quantitative estimate of drug-likeness (QED) is 0.763. The number of nitrogens with one attached hydrogen (secondary N) is 2. The molecule has 6 heteroatoms. The molecule has 3 rings (SSSR count). The summed E-state index contributed by atoms with van der Waals surface area (Å²) in [6.45, 7) is 0. The van der Waals surface area contributed by atoms with Gasteiger partial charge in [-0.1, -0.05) is 12.1 Å². The van der Waals surface area contributed by atoms with Crippen molar-refractivity contribution in [2.45, 2.75) is 0 Å². The van der Waals surface area contributed by atoms with E-state index >= 15 is 0 Å². The minimum absolute atomic E-state index is 0.300. The molecule has 0 bridgehead atoms. The van der Waals surface area contributed by atoms with Gasteiger partial charge in [0.25, 0.3) is 11.8 Å². The predicted octanol–water partition coefficient (Wildman–Crippen LogP) is 3.73. The van der Waals surface area contributed by atoms with Crippen LogP contribution in [0.1, 0.15) is 20.7 Å². The summed E-state index contributed by atoms with van der Waals surface area (Å²) in [6, 6.07) is 15.3. The molecule has 5 nitrogen and oxygen atoms in total. The number of rotatable bonds is 4. The second-order valence-corrected chi connectivity index (χ2v) is 5.20. The second-order valence-electron chi connectivity index (χ2n) is 5.20. The van der Waals surface area contributed by atoms with Crippen LogP contribution in [0.2, 0.25) is 0 Å². The van der Waals surface area contributed by atoms with E-state index in [1.807, 2.05) is 0 Å². The fraction of sp³-hybridized carbons (Fsp3) is 0. The van der Waals surface area contributed by atoms with Gasteiger partial charge in [0.2, 0.25) is 0 Å². The number of carbonyl (C=O) groups excluding carboxylic acids is 2. The molecule has 0 atom stereocenters. The van der Waals surface area contributed by atoms with E-state index in [1.54, 1.807) is 36.4 Å². The molecule has 0 aliphatic carbocycles. The molecule has 2 N–H and O–H groups in total. The molecule has 0 unspecified atom stereocenters. The van der Waals surface area contributed by atoms with Crippen LogP contribution in [0.25, 0.3) is 0 Å². The van der Waals surface area contributed by atoms with Gasteiger partial charge in [-0.15, -0.1) is 0 Å². The molecule has 0 saturated heterocycles. The minimum atomic E-state index is -0.405. The molecule has 1 heterocycles. The van der Waals surface area contributed by atoms with E-state index < -0.39 is 5.91 Å². The third-order valence-corrected chi connectivity index (χ3v) is 3.46. The maximum absolute atomic E-state index is 13.0. The Labute approximate surface area is 143 Å². The summed E-state index contributed by atoms with van der Waals surface area (Å²) in [5.41, 5.74) is 1.57. The third-order valence-electron chi connectivity index (χ3n) is 3.46. The monoisotopic (exact) mass is 335 g/mol. The van der Waals surface area contributed by atoms with Gasteiger partial charge in [-0.05, 0) is 48.5 Å². The summed E-state index contributed by atoms with van der Waals surface area (Å²) in [6.07, 6.45) is 3.03. The molecule has 0 fully saturated rings. The predicted molar refractivity (Wildman–Crippen MR) is 93.0 cm³/mol. The van der Waals surface area contributed by atoms with Gasteiger partial charge in [0, 0.05) is 23.6 Å². The number of halogens is 1. The van der Waals surface area contributed by atoms with Gasteiger partial charge < -0.3 is 10.6 Å². The highest BCUT2D eigenvalue weighted by Crippen LogP contribution is 2.18. The van der Waals surface area contributed by atoms with Crippen LogP contribution in [0.3, 0.4) is 0 Å². The van der Waals surface area contributed by atoms with Crippen molar-refractivity contribution in [1.29, 1.82) is 0 Å². The second kappa shape index (κ2) is 7.35. The van der Waals surface area contributed by atoms with E-state index in [1.165, 1.54) is 36.7 Å². The highest BCUT2D eigenvalue weighted by atomic mass is 19.1. The Balaban J connectivity index is 1.79. The van der Waals surface area contributed by atoms with Gasteiger partial charge >= 0.3 is 0 Å². The topological polar surface area (TPSA) is 71.1 Å². The number of hydrogen-bond acceptors (Lipinski definition) is 3. The molecule has 0 aliphatic heterocycles. The number of anilines is 2. The standard InChI is InChI=1S/C19H14FN3O2/c20-14-5-7-15(8-6-14)22-19(25)16-3-1-2-4-17(16)23-18(24)13-9-11-21-12-10-13/h1-12H,(H,22,25)(H,23,24). The first-order valence-corrected chi connectivity index (χ1v) is 7.51. The molecule has 3 aromatic rings. The van der Waals surface area contributed by atoms with Crippen LogP contribution >= 0.6 is 0 Å². The van der Waals surface area contributed by atoms with Crippen molar-refractivity contribution >= 4 is 23.2 Å². The first kappa shape index (κ1) is 16.3. The number of pyridine rings is 1. The number of para-hydroxylation sites is 1. The number of nitrogens with zero attached hydrogens (tertiary/aromatic N) is 1. The molecule has 0 aliphatic rings. The zero-order valence-corrected chi connectivity index (χ0v) is 13.1. The lowest BCUT2D eigenvalue weighted by Crippen LogP contribution is -2.18. The molecule has 0 spiro atoms. The Bertz CT molecular complexity index is 896. The van der Waals surface area contributed by atoms with Crippen LogP contribution < -0.4 is 10.6 Å². The van der Waals surface area contributed by atoms with Crippen molar-refractivity contribution in [1.82, 2.24) is 4.98 Å². The summed E-state index contributed by atoms with van der Waals surface area (Å²) in [5, 5.41) is 5.39. The summed E-state index contributed by atoms with van der Waals surface area (Å²) in [4.78, 5) is 28.6. The Morgan fingerprint density at radius 1 is 0.800 bits per heavy atom. The van der Waals surface area contributed by atoms with Crippen molar-refractivity contribution in [3.63, 3.8) is 0 Å². The van der Waals surface area contributed by atoms with Gasteiger partial charge in [-0.25, -0.2) is 4.39 Å². The Morgan fingerprint density at radius 3 is 2.20 bits per heavy atom. The zero-order valence-electron chi connectivity index (χ0n) is 13.1. The maximum Gasteiger partial charge on any atom is 0.257 e. The Kier molecular flexibility index (Phi) is 4.80. The summed E-state index contributed by atoms with van der Waals surface area (Å²) >= 11 is 0. The first-order chi connectivity index (χ1) is 12.1. The zero-order chi connectivity index (χ0) is 17.6. The summed E-state index contributed by atoms with van der Waals surface area (Å²) < 4.78 is 13.0. The largest absolute Gasteiger partial charge is 0.322 e. The fourth-order valence-electron chi connectivity index (χ4n) is 2.22. The minimum Gasteiger partial charge on any atom is -0.322 e. The van der Waals surface area contributed by atoms with Gasteiger partial charge in [0.05, 0.1) is 11.3 Å². The van der Waals surface area contributed by atoms with Gasteiger partial charge in [-0.3, -0.25) is 14.6 Å². The van der Waals surface area contributed by atoms with E-state index in [0.717, 1.165) is 0 Å². The lowest BCUT2D eigenvalue weighted by molar-refractivity contribution is 0.102. The summed E-state index contributed by atoms with van der Waals surface area (Å²) in [5.74, 6) is -1.13. The Morgan fingerprint density at radius 2 is 1.48 bits per heavy atom. The third kappa shape index (κ3) is 4.06. The first-order valence-electron chi connectivity index (χ1n) is 7.51. The smallest absolute Gasteiger partial charge is 0.257 e.